The van der Waals surface area contributed by atoms with E-state index in [1.54, 1.807) is 0 Å². The summed E-state index contributed by atoms with van der Waals surface area (Å²) in [5.41, 5.74) is 0. The first-order valence-electron chi connectivity index (χ1n) is 4.29. The topological polar surface area (TPSA) is 0 Å². The predicted molar refractivity (Wildman–Crippen MR) is 52.3 cm³/mol. The molecule has 1 unspecified atom stereocenters. The molecule has 0 spiro atoms. The van der Waals surface area contributed by atoms with Crippen molar-refractivity contribution in [3.63, 3.8) is 0 Å². The van der Waals surface area contributed by atoms with Crippen LogP contribution in [0.1, 0.15) is 27.2 Å². The van der Waals surface area contributed by atoms with Gasteiger partial charge in [0.2, 0.25) is 0 Å². The quantitative estimate of drug-likeness (QED) is 0.538. The van der Waals surface area contributed by atoms with E-state index in [9.17, 15) is 0 Å². The molecule has 0 saturated heterocycles. The first-order chi connectivity index (χ1) is 5.16. The van der Waals surface area contributed by atoms with Gasteiger partial charge in [-0.25, -0.2) is 0 Å². The summed E-state index contributed by atoms with van der Waals surface area (Å²) >= 11 is 0. The fourth-order valence-corrected chi connectivity index (χ4v) is 0.844. The fourth-order valence-electron chi connectivity index (χ4n) is 0.844. The molecule has 0 aliphatic rings. The van der Waals surface area contributed by atoms with Crippen molar-refractivity contribution in [1.29, 1.82) is 0 Å². The molecule has 0 heterocycles. The summed E-state index contributed by atoms with van der Waals surface area (Å²) in [4.78, 5) is 0. The molecule has 0 amide bonds. The van der Waals surface area contributed by atoms with Crippen molar-refractivity contribution in [3.05, 3.63) is 31.2 Å². The molecule has 0 saturated carbocycles. The van der Waals surface area contributed by atoms with Gasteiger partial charge in [-0.3, -0.25) is 0 Å². The summed E-state index contributed by atoms with van der Waals surface area (Å²) in [6.07, 6.45) is 9.59. The Morgan fingerprint density at radius 1 is 1.18 bits per heavy atom. The van der Waals surface area contributed by atoms with Gasteiger partial charge in [0, 0.05) is 0 Å². The highest BCUT2D eigenvalue weighted by Crippen LogP contribution is 2.04. The smallest absolute Gasteiger partial charge is 0.00819 e. The molecule has 0 N–H and O–H groups in total. The van der Waals surface area contributed by atoms with Crippen LogP contribution in [-0.4, -0.2) is 0 Å². The standard InChI is InChI=1S/C11H19/c1-5-7-11(4)9-6-8-10(2)3/h5-7,9-11H,1,8H2,2-4H3. The number of hydrogen-bond donors (Lipinski definition) is 0. The van der Waals surface area contributed by atoms with E-state index < -0.39 is 0 Å². The minimum absolute atomic E-state index is 0.534. The zero-order valence-electron chi connectivity index (χ0n) is 7.88. The molecule has 0 aromatic carbocycles. The minimum Gasteiger partial charge on any atom is -0.0877 e. The molecular weight excluding hydrogens is 132 g/mol. The summed E-state index contributed by atoms with van der Waals surface area (Å²) in [5.74, 6) is 1.30. The fraction of sp³-hybridized carbons (Fsp3) is 0.545. The van der Waals surface area contributed by atoms with Gasteiger partial charge in [0.15, 0.2) is 0 Å². The van der Waals surface area contributed by atoms with Crippen LogP contribution in [0, 0.1) is 18.8 Å². The summed E-state index contributed by atoms with van der Waals surface area (Å²) in [6, 6.07) is 0. The summed E-state index contributed by atoms with van der Waals surface area (Å²) in [7, 11) is 0. The number of rotatable bonds is 4. The van der Waals surface area contributed by atoms with E-state index >= 15 is 0 Å². The second kappa shape index (κ2) is 6.21. The first kappa shape index (κ1) is 10.5. The molecule has 0 aliphatic heterocycles. The molecule has 1 radical (unpaired) electrons. The van der Waals surface area contributed by atoms with Crippen LogP contribution in [0.2, 0.25) is 0 Å². The molecule has 63 valence electrons. The molecule has 0 aromatic heterocycles. The van der Waals surface area contributed by atoms with Crippen molar-refractivity contribution in [2.45, 2.75) is 27.2 Å². The van der Waals surface area contributed by atoms with Gasteiger partial charge in [0.25, 0.3) is 0 Å². The lowest BCUT2D eigenvalue weighted by Crippen LogP contribution is -1.85. The lowest BCUT2D eigenvalue weighted by Gasteiger charge is -1.99. The van der Waals surface area contributed by atoms with Gasteiger partial charge in [0.05, 0.1) is 0 Å². The van der Waals surface area contributed by atoms with Crippen LogP contribution in [0.4, 0.5) is 0 Å². The molecule has 0 nitrogen and oxygen atoms in total. The third-order valence-corrected chi connectivity index (χ3v) is 1.49. The molecule has 1 atom stereocenters. The van der Waals surface area contributed by atoms with Gasteiger partial charge in [-0.05, 0) is 25.2 Å². The van der Waals surface area contributed by atoms with E-state index in [2.05, 4.69) is 45.9 Å². The monoisotopic (exact) mass is 151 g/mol. The normalized spacial score (nSPS) is 15.4. The van der Waals surface area contributed by atoms with Gasteiger partial charge < -0.3 is 0 Å². The Morgan fingerprint density at radius 3 is 2.27 bits per heavy atom. The highest BCUT2D eigenvalue weighted by Gasteiger charge is 1.89. The minimum atomic E-state index is 0.534. The Bertz CT molecular complexity index is 129. The van der Waals surface area contributed by atoms with E-state index in [1.165, 1.54) is 6.42 Å². The summed E-state index contributed by atoms with van der Waals surface area (Å²) in [5, 5.41) is 0. The second-order valence-corrected chi connectivity index (χ2v) is 3.34. The molecular formula is C11H19. The highest BCUT2D eigenvalue weighted by molar-refractivity contribution is 4.99. The van der Waals surface area contributed by atoms with Gasteiger partial charge in [-0.1, -0.05) is 45.1 Å². The lowest BCUT2D eigenvalue weighted by atomic mass is 10.1. The van der Waals surface area contributed by atoms with Crippen molar-refractivity contribution in [1.82, 2.24) is 0 Å². The molecule has 0 heteroatoms. The Hall–Kier alpha value is -0.520. The maximum atomic E-state index is 3.65. The van der Waals surface area contributed by atoms with E-state index in [1.807, 2.05) is 6.08 Å². The Labute approximate surface area is 71.0 Å². The second-order valence-electron chi connectivity index (χ2n) is 3.34. The van der Waals surface area contributed by atoms with Crippen molar-refractivity contribution >= 4 is 0 Å². The highest BCUT2D eigenvalue weighted by atomic mass is 14.0. The van der Waals surface area contributed by atoms with Crippen molar-refractivity contribution in [3.8, 4) is 0 Å². The van der Waals surface area contributed by atoms with E-state index in [-0.39, 0.29) is 0 Å². The van der Waals surface area contributed by atoms with E-state index in [0.717, 1.165) is 5.92 Å². The predicted octanol–water partition coefficient (Wildman–Crippen LogP) is 3.62. The summed E-state index contributed by atoms with van der Waals surface area (Å²) < 4.78 is 0. The molecule has 11 heavy (non-hydrogen) atoms. The lowest BCUT2D eigenvalue weighted by molar-refractivity contribution is 0.661. The van der Waals surface area contributed by atoms with Gasteiger partial charge in [-0.15, -0.1) is 0 Å². The number of allylic oxidation sites excluding steroid dienone is 4. The largest absolute Gasteiger partial charge is 0.0877 e. The molecule has 0 aliphatic carbocycles. The third kappa shape index (κ3) is 7.38. The van der Waals surface area contributed by atoms with Gasteiger partial charge in [-0.2, -0.15) is 0 Å². The van der Waals surface area contributed by atoms with E-state index in [0.29, 0.717) is 5.92 Å². The van der Waals surface area contributed by atoms with Gasteiger partial charge >= 0.3 is 0 Å². The van der Waals surface area contributed by atoms with Crippen LogP contribution in [0.15, 0.2) is 24.3 Å². The molecule has 0 rings (SSSR count). The van der Waals surface area contributed by atoms with Crippen LogP contribution < -0.4 is 0 Å². The van der Waals surface area contributed by atoms with Gasteiger partial charge in [0.1, 0.15) is 0 Å². The van der Waals surface area contributed by atoms with Crippen LogP contribution >= 0.6 is 0 Å². The molecule has 0 aromatic rings. The van der Waals surface area contributed by atoms with Crippen molar-refractivity contribution in [2.75, 3.05) is 0 Å². The zero-order valence-corrected chi connectivity index (χ0v) is 7.88. The molecule has 0 bridgehead atoms. The Kier molecular flexibility index (Phi) is 5.91. The first-order valence-corrected chi connectivity index (χ1v) is 4.29. The maximum absolute atomic E-state index is 3.65. The van der Waals surface area contributed by atoms with Crippen molar-refractivity contribution in [2.24, 2.45) is 11.8 Å². The number of hydrogen-bond acceptors (Lipinski definition) is 0. The summed E-state index contributed by atoms with van der Waals surface area (Å²) in [6.45, 7) is 10.3. The third-order valence-electron chi connectivity index (χ3n) is 1.49. The maximum Gasteiger partial charge on any atom is -0.00819 e. The SMILES string of the molecule is [CH2]C=CC(C)C=CCC(C)C. The van der Waals surface area contributed by atoms with Crippen LogP contribution in [0.3, 0.4) is 0 Å². The van der Waals surface area contributed by atoms with E-state index in [4.69, 9.17) is 0 Å². The Balaban J connectivity index is 3.56. The van der Waals surface area contributed by atoms with Crippen LogP contribution in [-0.2, 0) is 0 Å². The average Bonchev–Trinajstić information content (AvgIpc) is 1.87. The zero-order chi connectivity index (χ0) is 8.69. The Morgan fingerprint density at radius 2 is 1.82 bits per heavy atom. The van der Waals surface area contributed by atoms with Crippen molar-refractivity contribution < 1.29 is 0 Å². The van der Waals surface area contributed by atoms with Crippen LogP contribution in [0.5, 0.6) is 0 Å². The molecule has 0 fully saturated rings. The van der Waals surface area contributed by atoms with Crippen LogP contribution in [0.25, 0.3) is 0 Å². The average molecular weight is 151 g/mol.